The molecule has 0 saturated carbocycles. The number of amides is 6. The molecule has 42 heavy (non-hydrogen) atoms. The Balaban J connectivity index is 1.56. The van der Waals surface area contributed by atoms with Gasteiger partial charge in [-0.15, -0.1) is 0 Å². The van der Waals surface area contributed by atoms with Gasteiger partial charge in [-0.1, -0.05) is 13.3 Å². The molecule has 2 bridgehead atoms. The number of carbonyl (C=O) groups excluding carboxylic acids is 5. The summed E-state index contributed by atoms with van der Waals surface area (Å²) in [7, 11) is 0. The number of likely N-dealkylation sites (tertiary alicyclic amines) is 1. The van der Waals surface area contributed by atoms with Crippen LogP contribution >= 0.6 is 0 Å². The second kappa shape index (κ2) is 13.8. The molecular formula is C28H48N6O8. The summed E-state index contributed by atoms with van der Waals surface area (Å²) in [6.07, 6.45) is 2.58. The summed E-state index contributed by atoms with van der Waals surface area (Å²) >= 11 is 0. The summed E-state index contributed by atoms with van der Waals surface area (Å²) in [6, 6.07) is -1.56. The van der Waals surface area contributed by atoms with Crippen LogP contribution in [0.25, 0.3) is 0 Å². The zero-order valence-electron chi connectivity index (χ0n) is 26.1. The third-order valence-corrected chi connectivity index (χ3v) is 7.18. The summed E-state index contributed by atoms with van der Waals surface area (Å²) in [4.78, 5) is 74.4. The van der Waals surface area contributed by atoms with E-state index in [4.69, 9.17) is 14.3 Å². The summed E-state index contributed by atoms with van der Waals surface area (Å²) in [5.74, 6) is -1.13. The van der Waals surface area contributed by atoms with Gasteiger partial charge in [-0.3, -0.25) is 30.2 Å². The molecule has 0 aliphatic carbocycles. The van der Waals surface area contributed by atoms with E-state index in [1.807, 2.05) is 6.92 Å². The van der Waals surface area contributed by atoms with Gasteiger partial charge in [-0.05, 0) is 73.6 Å². The lowest BCUT2D eigenvalue weighted by molar-refractivity contribution is -0.133. The number of ether oxygens (including phenoxy) is 2. The van der Waals surface area contributed by atoms with E-state index in [-0.39, 0.29) is 24.7 Å². The Morgan fingerprint density at radius 3 is 2.17 bits per heavy atom. The van der Waals surface area contributed by atoms with Gasteiger partial charge in [0.1, 0.15) is 23.8 Å². The van der Waals surface area contributed by atoms with Crippen molar-refractivity contribution in [2.75, 3.05) is 32.8 Å². The van der Waals surface area contributed by atoms with Gasteiger partial charge in [0.05, 0.1) is 12.6 Å². The highest BCUT2D eigenvalue weighted by Crippen LogP contribution is 2.30. The van der Waals surface area contributed by atoms with Crippen molar-refractivity contribution < 1.29 is 38.3 Å². The molecule has 6 amide bonds. The predicted molar refractivity (Wildman–Crippen MR) is 152 cm³/mol. The van der Waals surface area contributed by atoms with Crippen LogP contribution in [0.3, 0.4) is 0 Å². The van der Waals surface area contributed by atoms with Crippen molar-refractivity contribution in [3.8, 4) is 0 Å². The molecule has 0 spiro atoms. The average molecular weight is 597 g/mol. The Morgan fingerprint density at radius 2 is 1.57 bits per heavy atom. The number of nitrogens with one attached hydrogen (secondary N) is 2. The number of hydrogen-bond donors (Lipinski definition) is 2. The molecule has 3 rings (SSSR count). The lowest BCUT2D eigenvalue weighted by atomic mass is 10.0. The van der Waals surface area contributed by atoms with Crippen LogP contribution in [0, 0.1) is 0 Å². The molecular weight excluding hydrogens is 548 g/mol. The molecule has 238 valence electrons. The van der Waals surface area contributed by atoms with Gasteiger partial charge < -0.3 is 19.3 Å². The summed E-state index contributed by atoms with van der Waals surface area (Å²) in [6.45, 7) is 13.8. The first-order valence-corrected chi connectivity index (χ1v) is 14.9. The standard InChI is InChI=1S/C28H48N6O8/c1-8-9-16-40-34-20-10-11-21(33(17-20)24(34)37)23(36)30-29-22(35)18-32(26(39)42-28(5,6)7)19-12-14-31(15-13-19)25(38)41-27(2,3)4/h19-21H,8-18H2,1-7H3,(H,29,35)(H,30,36)/t20?,21-/m0/s1. The maximum absolute atomic E-state index is 13.1. The third kappa shape index (κ3) is 9.10. The SMILES string of the molecule is CCCCON1C(=O)N2CC1CC[C@H]2C(=O)NNC(=O)CN(C(=O)OC(C)(C)C)C1CCN(C(=O)OC(C)(C)C)CC1. The molecule has 1 unspecified atom stereocenters. The van der Waals surface area contributed by atoms with E-state index in [1.54, 1.807) is 46.4 Å². The number of unbranched alkanes of at least 4 members (excludes halogenated alkanes) is 1. The average Bonchev–Trinajstić information content (AvgIpc) is 3.13. The number of fused-ring (bicyclic) bond motifs is 2. The Labute approximate surface area is 248 Å². The Bertz CT molecular complexity index is 1000. The second-order valence-corrected chi connectivity index (χ2v) is 13.0. The van der Waals surface area contributed by atoms with Gasteiger partial charge in [0.15, 0.2) is 0 Å². The lowest BCUT2D eigenvalue weighted by Gasteiger charge is -2.39. The van der Waals surface area contributed by atoms with Crippen molar-refractivity contribution in [1.29, 1.82) is 0 Å². The number of piperidine rings is 2. The van der Waals surface area contributed by atoms with Crippen molar-refractivity contribution in [2.24, 2.45) is 0 Å². The number of hydrogen-bond acceptors (Lipinski definition) is 8. The van der Waals surface area contributed by atoms with Crippen LogP contribution in [0.4, 0.5) is 14.4 Å². The highest BCUT2D eigenvalue weighted by Gasteiger charge is 2.48. The Hall–Kier alpha value is -3.29. The fourth-order valence-electron chi connectivity index (χ4n) is 5.14. The number of urea groups is 1. The van der Waals surface area contributed by atoms with E-state index < -0.39 is 41.2 Å². The number of hydroxylamine groups is 2. The van der Waals surface area contributed by atoms with Crippen LogP contribution in [0.15, 0.2) is 0 Å². The van der Waals surface area contributed by atoms with Crippen LogP contribution in [0.2, 0.25) is 0 Å². The Morgan fingerprint density at radius 1 is 0.929 bits per heavy atom. The minimum Gasteiger partial charge on any atom is -0.444 e. The zero-order chi connectivity index (χ0) is 31.2. The molecule has 2 atom stereocenters. The highest BCUT2D eigenvalue weighted by molar-refractivity contribution is 5.90. The second-order valence-electron chi connectivity index (χ2n) is 13.0. The van der Waals surface area contributed by atoms with Gasteiger partial charge in [-0.2, -0.15) is 5.06 Å². The molecule has 14 heteroatoms. The topological polar surface area (TPSA) is 150 Å². The molecule has 0 aromatic rings. The van der Waals surface area contributed by atoms with E-state index in [9.17, 15) is 24.0 Å². The normalized spacial score (nSPS) is 21.2. The number of carbonyl (C=O) groups is 5. The van der Waals surface area contributed by atoms with E-state index in [2.05, 4.69) is 10.9 Å². The molecule has 3 heterocycles. The molecule has 14 nitrogen and oxygen atoms in total. The predicted octanol–water partition coefficient (Wildman–Crippen LogP) is 2.77. The van der Waals surface area contributed by atoms with Crippen LogP contribution in [0.5, 0.6) is 0 Å². The number of hydrazine groups is 1. The van der Waals surface area contributed by atoms with Crippen molar-refractivity contribution in [2.45, 2.75) is 116 Å². The smallest absolute Gasteiger partial charge is 0.411 e. The zero-order valence-corrected chi connectivity index (χ0v) is 26.1. The molecule has 0 radical (unpaired) electrons. The lowest BCUT2D eigenvalue weighted by Crippen LogP contribution is -2.57. The van der Waals surface area contributed by atoms with Crippen LogP contribution in [-0.2, 0) is 23.9 Å². The van der Waals surface area contributed by atoms with Crippen molar-refractivity contribution in [3.63, 3.8) is 0 Å². The maximum Gasteiger partial charge on any atom is 0.411 e. The molecule has 3 fully saturated rings. The fraction of sp³-hybridized carbons (Fsp3) is 0.821. The molecule has 0 aromatic heterocycles. The van der Waals surface area contributed by atoms with E-state index >= 15 is 0 Å². The molecule has 3 saturated heterocycles. The van der Waals surface area contributed by atoms with Gasteiger partial charge in [0, 0.05) is 25.7 Å². The van der Waals surface area contributed by atoms with E-state index in [0.717, 1.165) is 12.8 Å². The van der Waals surface area contributed by atoms with Gasteiger partial charge in [0.25, 0.3) is 11.8 Å². The third-order valence-electron chi connectivity index (χ3n) is 7.18. The Kier molecular flexibility index (Phi) is 10.9. The monoisotopic (exact) mass is 596 g/mol. The first-order chi connectivity index (χ1) is 19.6. The van der Waals surface area contributed by atoms with Crippen LogP contribution in [0.1, 0.15) is 87.0 Å². The van der Waals surface area contributed by atoms with Crippen LogP contribution in [-0.4, -0.2) is 112 Å². The maximum atomic E-state index is 13.1. The van der Waals surface area contributed by atoms with Gasteiger partial charge >= 0.3 is 18.2 Å². The van der Waals surface area contributed by atoms with E-state index in [1.165, 1.54) is 14.9 Å². The first-order valence-electron chi connectivity index (χ1n) is 14.9. The number of nitrogens with zero attached hydrogens (tertiary/aromatic N) is 4. The highest BCUT2D eigenvalue weighted by atomic mass is 16.7. The molecule has 0 aromatic carbocycles. The summed E-state index contributed by atoms with van der Waals surface area (Å²) in [5.41, 5.74) is 3.40. The minimum absolute atomic E-state index is 0.0999. The molecule has 3 aliphatic rings. The first kappa shape index (κ1) is 33.2. The fourth-order valence-corrected chi connectivity index (χ4v) is 5.14. The summed E-state index contributed by atoms with van der Waals surface area (Å²) < 4.78 is 11.0. The van der Waals surface area contributed by atoms with Crippen molar-refractivity contribution in [3.05, 3.63) is 0 Å². The summed E-state index contributed by atoms with van der Waals surface area (Å²) in [5, 5.41) is 1.37. The largest absolute Gasteiger partial charge is 0.444 e. The molecule has 2 N–H and O–H groups in total. The molecule has 3 aliphatic heterocycles. The van der Waals surface area contributed by atoms with E-state index in [0.29, 0.717) is 51.9 Å². The van der Waals surface area contributed by atoms with Gasteiger partial charge in [0.2, 0.25) is 0 Å². The van der Waals surface area contributed by atoms with Gasteiger partial charge in [-0.25, -0.2) is 14.4 Å². The van der Waals surface area contributed by atoms with Crippen molar-refractivity contribution in [1.82, 2.24) is 30.6 Å². The van der Waals surface area contributed by atoms with Crippen molar-refractivity contribution >= 4 is 30.0 Å². The van der Waals surface area contributed by atoms with Crippen LogP contribution < -0.4 is 10.9 Å². The number of rotatable bonds is 8. The quantitative estimate of drug-likeness (QED) is 0.321. The minimum atomic E-state index is -0.785.